The van der Waals surface area contributed by atoms with Crippen molar-refractivity contribution in [2.75, 3.05) is 10.2 Å². The van der Waals surface area contributed by atoms with Crippen molar-refractivity contribution < 1.29 is 19.1 Å². The second kappa shape index (κ2) is 7.64. The van der Waals surface area contributed by atoms with Gasteiger partial charge in [-0.2, -0.15) is 0 Å². The fraction of sp³-hybridized carbons (Fsp3) is 0.286. The molecule has 0 aliphatic carbocycles. The number of hydrogen-bond donors (Lipinski definition) is 1. The van der Waals surface area contributed by atoms with Crippen molar-refractivity contribution in [2.45, 2.75) is 38.8 Å². The minimum Gasteiger partial charge on any atom is -0.452 e. The zero-order valence-corrected chi connectivity index (χ0v) is 16.6. The van der Waals surface area contributed by atoms with Crippen LogP contribution in [0.2, 0.25) is 5.02 Å². The molecule has 7 heteroatoms. The van der Waals surface area contributed by atoms with E-state index in [1.165, 1.54) is 11.8 Å². The Morgan fingerprint density at radius 3 is 2.50 bits per heavy atom. The Morgan fingerprint density at radius 2 is 1.79 bits per heavy atom. The maximum Gasteiger partial charge on any atom is 0.311 e. The van der Waals surface area contributed by atoms with Crippen LogP contribution >= 0.6 is 11.6 Å². The molecular formula is C21H21ClN2O4. The monoisotopic (exact) mass is 400 g/mol. The summed E-state index contributed by atoms with van der Waals surface area (Å²) in [5, 5.41) is 3.26. The summed E-state index contributed by atoms with van der Waals surface area (Å²) >= 11 is 6.07. The number of benzene rings is 2. The molecule has 0 saturated heterocycles. The second-order valence-electron chi connectivity index (χ2n) is 7.10. The Balaban J connectivity index is 1.79. The third kappa shape index (κ3) is 3.73. The molecule has 0 spiro atoms. The lowest BCUT2D eigenvalue weighted by Gasteiger charge is -2.42. The molecule has 1 atom stereocenters. The lowest BCUT2D eigenvalue weighted by molar-refractivity contribution is -0.153. The molecule has 146 valence electrons. The summed E-state index contributed by atoms with van der Waals surface area (Å²) < 4.78 is 5.35. The number of hydrogen-bond acceptors (Lipinski definition) is 4. The summed E-state index contributed by atoms with van der Waals surface area (Å²) in [6.45, 7) is 4.79. The average Bonchev–Trinajstić information content (AvgIpc) is 2.64. The van der Waals surface area contributed by atoms with E-state index in [0.717, 1.165) is 0 Å². The molecule has 3 rings (SSSR count). The summed E-state index contributed by atoms with van der Waals surface area (Å²) in [7, 11) is 0. The number of carbonyl (C=O) groups excluding carboxylic acids is 3. The van der Waals surface area contributed by atoms with Gasteiger partial charge in [0.25, 0.3) is 5.91 Å². The van der Waals surface area contributed by atoms with E-state index < -0.39 is 23.5 Å². The van der Waals surface area contributed by atoms with Crippen LogP contribution < -0.4 is 10.2 Å². The molecule has 6 nitrogen and oxygen atoms in total. The first-order chi connectivity index (χ1) is 13.2. The maximum atomic E-state index is 13.1. The molecule has 0 radical (unpaired) electrons. The van der Waals surface area contributed by atoms with Crippen molar-refractivity contribution in [3.05, 3.63) is 59.1 Å². The summed E-state index contributed by atoms with van der Waals surface area (Å²) in [5.41, 5.74) is 0.590. The third-order valence-electron chi connectivity index (χ3n) is 4.68. The van der Waals surface area contributed by atoms with Crippen LogP contribution in [0.1, 0.15) is 26.3 Å². The van der Waals surface area contributed by atoms with Gasteiger partial charge in [0.2, 0.25) is 5.91 Å². The number of ether oxygens (including phenoxy) is 1. The highest BCUT2D eigenvalue weighted by Crippen LogP contribution is 2.37. The highest BCUT2D eigenvalue weighted by Gasteiger charge is 2.45. The molecule has 0 unspecified atom stereocenters. The van der Waals surface area contributed by atoms with E-state index in [1.54, 1.807) is 62.4 Å². The van der Waals surface area contributed by atoms with E-state index in [4.69, 9.17) is 16.3 Å². The number of carbonyl (C=O) groups is 3. The van der Waals surface area contributed by atoms with Crippen LogP contribution in [0.5, 0.6) is 0 Å². The first kappa shape index (κ1) is 19.9. The number of halogens is 1. The Kier molecular flexibility index (Phi) is 5.42. The van der Waals surface area contributed by atoms with E-state index in [2.05, 4.69) is 5.32 Å². The van der Waals surface area contributed by atoms with Gasteiger partial charge in [0.15, 0.2) is 6.10 Å². The summed E-state index contributed by atoms with van der Waals surface area (Å²) in [5.74, 6) is -1.35. The van der Waals surface area contributed by atoms with Crippen molar-refractivity contribution in [3.63, 3.8) is 0 Å². The molecule has 0 aromatic heterocycles. The fourth-order valence-corrected chi connectivity index (χ4v) is 3.32. The van der Waals surface area contributed by atoms with Crippen molar-refractivity contribution in [1.82, 2.24) is 0 Å². The van der Waals surface area contributed by atoms with Gasteiger partial charge in [0, 0.05) is 5.02 Å². The molecule has 1 heterocycles. The van der Waals surface area contributed by atoms with Gasteiger partial charge >= 0.3 is 5.97 Å². The predicted molar refractivity (Wildman–Crippen MR) is 107 cm³/mol. The van der Waals surface area contributed by atoms with Gasteiger partial charge in [0.1, 0.15) is 5.54 Å². The van der Waals surface area contributed by atoms with Gasteiger partial charge in [0.05, 0.1) is 17.8 Å². The molecule has 1 N–H and O–H groups in total. The zero-order valence-electron chi connectivity index (χ0n) is 15.9. The number of amides is 2. The van der Waals surface area contributed by atoms with Crippen LogP contribution in [0.15, 0.2) is 48.5 Å². The highest BCUT2D eigenvalue weighted by molar-refractivity contribution is 6.31. The molecule has 2 amide bonds. The fourth-order valence-electron chi connectivity index (χ4n) is 3.11. The van der Waals surface area contributed by atoms with Gasteiger partial charge in [-0.15, -0.1) is 0 Å². The molecule has 2 aromatic rings. The summed E-state index contributed by atoms with van der Waals surface area (Å²) in [4.78, 5) is 39.3. The number of nitrogens with zero attached hydrogens (tertiary/aromatic N) is 1. The van der Waals surface area contributed by atoms with E-state index in [0.29, 0.717) is 22.0 Å². The van der Waals surface area contributed by atoms with Crippen LogP contribution in [0.4, 0.5) is 11.4 Å². The number of anilines is 2. The molecule has 0 fully saturated rings. The molecular weight excluding hydrogens is 380 g/mol. The van der Waals surface area contributed by atoms with E-state index >= 15 is 0 Å². The van der Waals surface area contributed by atoms with Crippen LogP contribution in [0.3, 0.4) is 0 Å². The van der Waals surface area contributed by atoms with Crippen LogP contribution in [-0.4, -0.2) is 29.4 Å². The van der Waals surface area contributed by atoms with Crippen molar-refractivity contribution in [1.29, 1.82) is 0 Å². The first-order valence-electron chi connectivity index (χ1n) is 8.89. The number of fused-ring (bicyclic) bond motifs is 1. The van der Waals surface area contributed by atoms with E-state index in [9.17, 15) is 14.4 Å². The maximum absolute atomic E-state index is 13.1. The number of esters is 1. The van der Waals surface area contributed by atoms with Gasteiger partial charge < -0.3 is 10.1 Å². The molecule has 0 bridgehead atoms. The number of rotatable bonds is 4. The Bertz CT molecular complexity index is 942. The predicted octanol–water partition coefficient (Wildman–Crippen LogP) is 3.58. The van der Waals surface area contributed by atoms with Crippen LogP contribution in [-0.2, 0) is 25.5 Å². The smallest absolute Gasteiger partial charge is 0.311 e. The zero-order chi connectivity index (χ0) is 20.5. The Morgan fingerprint density at radius 1 is 1.14 bits per heavy atom. The van der Waals surface area contributed by atoms with Gasteiger partial charge in [-0.3, -0.25) is 19.3 Å². The van der Waals surface area contributed by atoms with Crippen LogP contribution in [0, 0.1) is 0 Å². The number of para-hydroxylation sites is 2. The Labute approximate surface area is 168 Å². The van der Waals surface area contributed by atoms with Crippen molar-refractivity contribution in [2.24, 2.45) is 0 Å². The largest absolute Gasteiger partial charge is 0.452 e. The first-order valence-corrected chi connectivity index (χ1v) is 9.27. The molecule has 0 saturated carbocycles. The summed E-state index contributed by atoms with van der Waals surface area (Å²) in [6, 6.07) is 14.0. The van der Waals surface area contributed by atoms with E-state index in [-0.39, 0.29) is 12.3 Å². The molecule has 1 aliphatic rings. The molecule has 2 aromatic carbocycles. The quantitative estimate of drug-likeness (QED) is 0.796. The lowest BCUT2D eigenvalue weighted by Crippen LogP contribution is -2.60. The SMILES string of the molecule is C[C@H](OC(=O)Cc1ccccc1Cl)C(=O)N1c2ccccc2NC(=O)C1(C)C. The minimum atomic E-state index is -1.13. The van der Waals surface area contributed by atoms with Crippen LogP contribution in [0.25, 0.3) is 0 Å². The molecule has 1 aliphatic heterocycles. The summed E-state index contributed by atoms with van der Waals surface area (Å²) in [6.07, 6.45) is -1.11. The standard InChI is InChI=1S/C21H21ClN2O4/c1-13(28-18(25)12-14-8-4-5-9-15(14)22)19(26)24-17-11-7-6-10-16(17)23-20(27)21(24,2)3/h4-11,13H,12H2,1-3H3,(H,23,27)/t13-/m0/s1. The van der Waals surface area contributed by atoms with Gasteiger partial charge in [-0.25, -0.2) is 0 Å². The topological polar surface area (TPSA) is 75.7 Å². The molecule has 28 heavy (non-hydrogen) atoms. The average molecular weight is 401 g/mol. The van der Waals surface area contributed by atoms with E-state index in [1.807, 2.05) is 0 Å². The Hall–Kier alpha value is -2.86. The normalized spacial score (nSPS) is 16.0. The van der Waals surface area contributed by atoms with Crippen molar-refractivity contribution >= 4 is 40.8 Å². The lowest BCUT2D eigenvalue weighted by atomic mass is 9.95. The third-order valence-corrected chi connectivity index (χ3v) is 5.05. The highest BCUT2D eigenvalue weighted by atomic mass is 35.5. The minimum absolute atomic E-state index is 0.0439. The number of nitrogens with one attached hydrogen (secondary N) is 1. The second-order valence-corrected chi connectivity index (χ2v) is 7.51. The van der Waals surface area contributed by atoms with Crippen molar-refractivity contribution in [3.8, 4) is 0 Å². The van der Waals surface area contributed by atoms with Gasteiger partial charge in [-0.05, 0) is 44.5 Å². The van der Waals surface area contributed by atoms with Gasteiger partial charge in [-0.1, -0.05) is 41.9 Å².